The van der Waals surface area contributed by atoms with Crippen LogP contribution >= 0.6 is 11.6 Å². The molecular weight excluding hydrogens is 176 g/mol. The first-order valence-electron chi connectivity index (χ1n) is 3.55. The number of hydrogen-bond donors (Lipinski definition) is 0. The summed E-state index contributed by atoms with van der Waals surface area (Å²) in [7, 11) is 0. The number of ketones is 1. The first-order valence-corrected chi connectivity index (χ1v) is 4.08. The monoisotopic (exact) mass is 184 g/mol. The van der Waals surface area contributed by atoms with Gasteiger partial charge in [-0.25, -0.2) is 0 Å². The van der Waals surface area contributed by atoms with Gasteiger partial charge in [0.2, 0.25) is 0 Å². The largest absolute Gasteiger partial charge is 0.465 e. The molecule has 1 rings (SSSR count). The van der Waals surface area contributed by atoms with E-state index in [0.717, 1.165) is 0 Å². The number of Topliss-reactive ketones (excluding diaryl/α,β-unsaturated/α-hetero) is 1. The van der Waals surface area contributed by atoms with E-state index >= 15 is 0 Å². The molecule has 0 radical (unpaired) electrons. The topological polar surface area (TPSA) is 30.2 Å². The van der Waals surface area contributed by atoms with E-state index in [2.05, 4.69) is 0 Å². The summed E-state index contributed by atoms with van der Waals surface area (Å²) in [6, 6.07) is 3.55. The molecule has 1 aromatic heterocycles. The van der Waals surface area contributed by atoms with Crippen molar-refractivity contribution >= 4 is 23.5 Å². The summed E-state index contributed by atoms with van der Waals surface area (Å²) in [5, 5.41) is 0. The molecule has 1 aromatic rings. The lowest BCUT2D eigenvalue weighted by atomic mass is 10.2. The molecular formula is C9H9ClO2. The number of carbonyl (C=O) groups excluding carboxylic acids is 1. The second-order valence-electron chi connectivity index (χ2n) is 2.40. The predicted molar refractivity (Wildman–Crippen MR) is 48.1 cm³/mol. The molecule has 0 bridgehead atoms. The fraction of sp³-hybridized carbons (Fsp3) is 0.222. The molecule has 0 atom stereocenters. The van der Waals surface area contributed by atoms with Gasteiger partial charge in [0.15, 0.2) is 5.78 Å². The Kier molecular flexibility index (Phi) is 3.11. The highest BCUT2D eigenvalue weighted by Gasteiger charge is 2.02. The minimum atomic E-state index is -0.0759. The van der Waals surface area contributed by atoms with E-state index in [1.54, 1.807) is 31.4 Å². The quantitative estimate of drug-likeness (QED) is 0.534. The molecule has 0 fully saturated rings. The molecule has 0 spiro atoms. The van der Waals surface area contributed by atoms with Crippen LogP contribution in [0.2, 0.25) is 0 Å². The Balaban J connectivity index is 2.76. The van der Waals surface area contributed by atoms with Crippen molar-refractivity contribution in [2.75, 3.05) is 5.88 Å². The summed E-state index contributed by atoms with van der Waals surface area (Å²) in [5.41, 5.74) is 0.611. The van der Waals surface area contributed by atoms with E-state index in [0.29, 0.717) is 11.3 Å². The van der Waals surface area contributed by atoms with Gasteiger partial charge in [0.25, 0.3) is 0 Å². The van der Waals surface area contributed by atoms with E-state index < -0.39 is 0 Å². The van der Waals surface area contributed by atoms with Crippen molar-refractivity contribution < 1.29 is 9.21 Å². The first-order chi connectivity index (χ1) is 5.74. The Labute approximate surface area is 75.8 Å². The van der Waals surface area contributed by atoms with Gasteiger partial charge in [-0.05, 0) is 30.7 Å². The normalized spacial score (nSPS) is 11.7. The molecule has 0 saturated heterocycles. The van der Waals surface area contributed by atoms with E-state index in [-0.39, 0.29) is 11.7 Å². The third kappa shape index (κ3) is 2.24. The Bertz CT molecular complexity index is 285. The second kappa shape index (κ2) is 4.12. The van der Waals surface area contributed by atoms with Crippen molar-refractivity contribution in [3.05, 3.63) is 29.7 Å². The standard InChI is InChI=1S/C9H9ClO2/c1-7(9(11)6-10)5-8-3-2-4-12-8/h2-5H,6H2,1H3/b7-5+. The average Bonchev–Trinajstić information content (AvgIpc) is 2.55. The van der Waals surface area contributed by atoms with Crippen LogP contribution in [0.25, 0.3) is 6.08 Å². The van der Waals surface area contributed by atoms with E-state index in [1.165, 1.54) is 0 Å². The Hall–Kier alpha value is -1.02. The summed E-state index contributed by atoms with van der Waals surface area (Å²) < 4.78 is 5.03. The highest BCUT2D eigenvalue weighted by molar-refractivity contribution is 6.30. The predicted octanol–water partition coefficient (Wildman–Crippen LogP) is 2.49. The minimum Gasteiger partial charge on any atom is -0.465 e. The number of allylic oxidation sites excluding steroid dienone is 1. The van der Waals surface area contributed by atoms with E-state index in [1.807, 2.05) is 0 Å². The summed E-state index contributed by atoms with van der Waals surface area (Å²) in [6.07, 6.45) is 3.23. The fourth-order valence-electron chi connectivity index (χ4n) is 0.773. The Morgan fingerprint density at radius 1 is 1.75 bits per heavy atom. The highest BCUT2D eigenvalue weighted by Crippen LogP contribution is 2.07. The van der Waals surface area contributed by atoms with Crippen LogP contribution in [0.15, 0.2) is 28.4 Å². The highest BCUT2D eigenvalue weighted by atomic mass is 35.5. The van der Waals surface area contributed by atoms with Crippen LogP contribution in [-0.4, -0.2) is 11.7 Å². The van der Waals surface area contributed by atoms with Gasteiger partial charge in [-0.1, -0.05) is 0 Å². The molecule has 3 heteroatoms. The SMILES string of the molecule is C/C(=C\c1ccco1)C(=O)CCl. The number of furan rings is 1. The molecule has 0 saturated carbocycles. The number of alkyl halides is 1. The number of rotatable bonds is 3. The van der Waals surface area contributed by atoms with Crippen LogP contribution < -0.4 is 0 Å². The van der Waals surface area contributed by atoms with Crippen LogP contribution in [0, 0.1) is 0 Å². The summed E-state index contributed by atoms with van der Waals surface area (Å²) >= 11 is 5.37. The lowest BCUT2D eigenvalue weighted by Gasteiger charge is -1.93. The maximum Gasteiger partial charge on any atom is 0.173 e. The van der Waals surface area contributed by atoms with Gasteiger partial charge >= 0.3 is 0 Å². The maximum absolute atomic E-state index is 11.0. The van der Waals surface area contributed by atoms with E-state index in [4.69, 9.17) is 16.0 Å². The average molecular weight is 185 g/mol. The zero-order valence-corrected chi connectivity index (χ0v) is 7.47. The van der Waals surface area contributed by atoms with Gasteiger partial charge < -0.3 is 4.42 Å². The zero-order chi connectivity index (χ0) is 8.97. The third-order valence-corrected chi connectivity index (χ3v) is 1.71. The smallest absolute Gasteiger partial charge is 0.173 e. The van der Waals surface area contributed by atoms with Crippen molar-refractivity contribution in [1.82, 2.24) is 0 Å². The van der Waals surface area contributed by atoms with Crippen LogP contribution in [0.4, 0.5) is 0 Å². The number of hydrogen-bond acceptors (Lipinski definition) is 2. The lowest BCUT2D eigenvalue weighted by Crippen LogP contribution is -1.99. The molecule has 0 amide bonds. The van der Waals surface area contributed by atoms with Gasteiger partial charge in [0.1, 0.15) is 5.76 Å². The fourth-order valence-corrected chi connectivity index (χ4v) is 0.983. The summed E-state index contributed by atoms with van der Waals surface area (Å²) in [6.45, 7) is 1.72. The number of carbonyl (C=O) groups is 1. The van der Waals surface area contributed by atoms with Gasteiger partial charge in [0, 0.05) is 0 Å². The van der Waals surface area contributed by atoms with Gasteiger partial charge in [0.05, 0.1) is 12.1 Å². The molecule has 0 aliphatic heterocycles. The van der Waals surface area contributed by atoms with Crippen molar-refractivity contribution in [1.29, 1.82) is 0 Å². The molecule has 12 heavy (non-hydrogen) atoms. The summed E-state index contributed by atoms with van der Waals surface area (Å²) in [5.74, 6) is 0.613. The van der Waals surface area contributed by atoms with Crippen LogP contribution in [0.3, 0.4) is 0 Å². The third-order valence-electron chi connectivity index (χ3n) is 1.46. The first kappa shape index (κ1) is 9.07. The van der Waals surface area contributed by atoms with Crippen molar-refractivity contribution in [3.8, 4) is 0 Å². The minimum absolute atomic E-state index is 0.0169. The molecule has 1 heterocycles. The zero-order valence-electron chi connectivity index (χ0n) is 6.71. The van der Waals surface area contributed by atoms with Gasteiger partial charge in [-0.2, -0.15) is 0 Å². The molecule has 0 unspecified atom stereocenters. The molecule has 0 aliphatic carbocycles. The van der Waals surface area contributed by atoms with Gasteiger partial charge in [-0.15, -0.1) is 11.6 Å². The van der Waals surface area contributed by atoms with Crippen molar-refractivity contribution in [2.24, 2.45) is 0 Å². The molecule has 0 aromatic carbocycles. The van der Waals surface area contributed by atoms with Crippen LogP contribution in [0.5, 0.6) is 0 Å². The van der Waals surface area contributed by atoms with Crippen LogP contribution in [0.1, 0.15) is 12.7 Å². The lowest BCUT2D eigenvalue weighted by molar-refractivity contribution is -0.113. The molecule has 0 aliphatic rings. The Morgan fingerprint density at radius 3 is 3.00 bits per heavy atom. The van der Waals surface area contributed by atoms with Crippen molar-refractivity contribution in [2.45, 2.75) is 6.92 Å². The Morgan fingerprint density at radius 2 is 2.50 bits per heavy atom. The van der Waals surface area contributed by atoms with Crippen molar-refractivity contribution in [3.63, 3.8) is 0 Å². The molecule has 0 N–H and O–H groups in total. The second-order valence-corrected chi connectivity index (χ2v) is 2.67. The van der Waals surface area contributed by atoms with Crippen LogP contribution in [-0.2, 0) is 4.79 Å². The maximum atomic E-state index is 11.0. The molecule has 2 nitrogen and oxygen atoms in total. The number of halogens is 1. The van der Waals surface area contributed by atoms with Gasteiger partial charge in [-0.3, -0.25) is 4.79 Å². The molecule has 64 valence electrons. The van der Waals surface area contributed by atoms with E-state index in [9.17, 15) is 4.79 Å². The summed E-state index contributed by atoms with van der Waals surface area (Å²) in [4.78, 5) is 11.0.